The first-order chi connectivity index (χ1) is 11.8. The summed E-state index contributed by atoms with van der Waals surface area (Å²) in [6, 6.07) is 0.925. The zero-order valence-electron chi connectivity index (χ0n) is 13.5. The molecule has 3 rings (SSSR count). The Morgan fingerprint density at radius 3 is 2.52 bits per heavy atom. The second-order valence-electron chi connectivity index (χ2n) is 6.11. The molecule has 132 valence electrons. The molecule has 0 spiro atoms. The third-order valence-electron chi connectivity index (χ3n) is 4.28. The number of piperidine rings is 1. The first kappa shape index (κ1) is 17.0. The molecule has 2 heterocycles. The summed E-state index contributed by atoms with van der Waals surface area (Å²) in [4.78, 5) is 49.1. The minimum atomic E-state index is -1.08. The number of nitrogens with one attached hydrogen (secondary N) is 2. The quantitative estimate of drug-likeness (QED) is 0.658. The zero-order valence-corrected chi connectivity index (χ0v) is 13.5. The van der Waals surface area contributed by atoms with Gasteiger partial charge in [0.15, 0.2) is 0 Å². The molecule has 0 aromatic heterocycles. The van der Waals surface area contributed by atoms with Crippen molar-refractivity contribution in [3.63, 3.8) is 0 Å². The van der Waals surface area contributed by atoms with E-state index in [9.17, 15) is 23.6 Å². The Hall–Kier alpha value is -2.81. The fourth-order valence-corrected chi connectivity index (χ4v) is 2.93. The minimum Gasteiger partial charge on any atom is -0.379 e. The highest BCUT2D eigenvalue weighted by molar-refractivity contribution is 6.23. The van der Waals surface area contributed by atoms with Crippen LogP contribution in [0.25, 0.3) is 0 Å². The Morgan fingerprint density at radius 2 is 1.92 bits per heavy atom. The third kappa shape index (κ3) is 2.86. The molecule has 1 fully saturated rings. The Labute approximate surface area is 142 Å². The number of nitrogens with zero attached hydrogens (tertiary/aromatic N) is 1. The van der Waals surface area contributed by atoms with Gasteiger partial charge in [-0.3, -0.25) is 29.4 Å². The lowest BCUT2D eigenvalue weighted by Gasteiger charge is -2.27. The van der Waals surface area contributed by atoms with Crippen LogP contribution in [0.5, 0.6) is 0 Å². The number of anilines is 1. The van der Waals surface area contributed by atoms with E-state index in [1.165, 1.54) is 6.07 Å². The molecule has 8 nitrogen and oxygen atoms in total. The number of benzene rings is 1. The maximum absolute atomic E-state index is 14.2. The number of hydrogen-bond donors (Lipinski definition) is 3. The Morgan fingerprint density at radius 1 is 1.28 bits per heavy atom. The number of imide groups is 2. The number of rotatable bonds is 4. The van der Waals surface area contributed by atoms with Crippen molar-refractivity contribution < 1.29 is 23.6 Å². The van der Waals surface area contributed by atoms with Crippen molar-refractivity contribution in [2.45, 2.75) is 31.8 Å². The largest absolute Gasteiger partial charge is 0.379 e. The van der Waals surface area contributed by atoms with Crippen LogP contribution in [0.2, 0.25) is 0 Å². The highest BCUT2D eigenvalue weighted by Crippen LogP contribution is 2.31. The van der Waals surface area contributed by atoms with Gasteiger partial charge in [-0.25, -0.2) is 4.39 Å². The second-order valence-corrected chi connectivity index (χ2v) is 6.11. The molecular weight excluding hydrogens is 331 g/mol. The van der Waals surface area contributed by atoms with Gasteiger partial charge in [0.05, 0.1) is 16.8 Å². The van der Waals surface area contributed by atoms with E-state index in [4.69, 9.17) is 5.73 Å². The van der Waals surface area contributed by atoms with Crippen molar-refractivity contribution in [2.75, 3.05) is 11.9 Å². The van der Waals surface area contributed by atoms with E-state index in [1.807, 2.05) is 0 Å². The van der Waals surface area contributed by atoms with Crippen LogP contribution in [-0.2, 0) is 9.59 Å². The summed E-state index contributed by atoms with van der Waals surface area (Å²) in [6.45, 7) is 2.00. The van der Waals surface area contributed by atoms with E-state index in [0.29, 0.717) is 0 Å². The lowest BCUT2D eigenvalue weighted by molar-refractivity contribution is -0.136. The summed E-state index contributed by atoms with van der Waals surface area (Å²) in [5.74, 6) is -3.28. The van der Waals surface area contributed by atoms with E-state index in [-0.39, 0.29) is 42.2 Å². The van der Waals surface area contributed by atoms with Crippen molar-refractivity contribution >= 4 is 29.3 Å². The van der Waals surface area contributed by atoms with Gasteiger partial charge in [0, 0.05) is 19.0 Å². The normalized spacial score (nSPS) is 21.2. The second kappa shape index (κ2) is 6.25. The predicted octanol–water partition coefficient (Wildman–Crippen LogP) is -0.0140. The zero-order chi connectivity index (χ0) is 18.3. The van der Waals surface area contributed by atoms with Gasteiger partial charge in [-0.15, -0.1) is 0 Å². The molecule has 1 aromatic carbocycles. The summed E-state index contributed by atoms with van der Waals surface area (Å²) in [5.41, 5.74) is 5.47. The van der Waals surface area contributed by atoms with Gasteiger partial charge in [0.2, 0.25) is 11.8 Å². The van der Waals surface area contributed by atoms with Crippen molar-refractivity contribution in [1.29, 1.82) is 0 Å². The molecule has 0 bridgehead atoms. The number of amides is 4. The molecule has 25 heavy (non-hydrogen) atoms. The number of nitrogens with two attached hydrogens (primary N) is 1. The van der Waals surface area contributed by atoms with Crippen LogP contribution in [0.3, 0.4) is 0 Å². The molecule has 2 aliphatic rings. The van der Waals surface area contributed by atoms with Gasteiger partial charge >= 0.3 is 0 Å². The molecule has 4 amide bonds. The van der Waals surface area contributed by atoms with Crippen molar-refractivity contribution in [3.05, 3.63) is 29.1 Å². The standard InChI is InChI=1S/C16H17FN4O4/c1-7(6-18)19-11-5-9-8(4-10(11)17)15(24)21(16(9)25)12-2-3-13(22)20-14(12)23/h4-5,7,12,19H,2-3,6,18H2,1H3,(H,20,22,23)/t7-,12?/m1/s1. The van der Waals surface area contributed by atoms with Gasteiger partial charge in [-0.2, -0.15) is 0 Å². The molecule has 1 saturated heterocycles. The molecule has 2 aliphatic heterocycles. The number of carbonyl (C=O) groups excluding carboxylic acids is 4. The Balaban J connectivity index is 1.94. The molecule has 9 heteroatoms. The molecule has 2 atom stereocenters. The SMILES string of the molecule is C[C@H](CN)Nc1cc2c(cc1F)C(=O)N(C1CCC(=O)NC1=O)C2=O. The first-order valence-corrected chi connectivity index (χ1v) is 7.85. The first-order valence-electron chi connectivity index (χ1n) is 7.85. The highest BCUT2D eigenvalue weighted by Gasteiger charge is 2.45. The van der Waals surface area contributed by atoms with E-state index < -0.39 is 35.5 Å². The third-order valence-corrected chi connectivity index (χ3v) is 4.28. The number of hydrogen-bond acceptors (Lipinski definition) is 6. The van der Waals surface area contributed by atoms with Crippen LogP contribution in [0.1, 0.15) is 40.5 Å². The summed E-state index contributed by atoms with van der Waals surface area (Å²) < 4.78 is 14.2. The fraction of sp³-hybridized carbons (Fsp3) is 0.375. The van der Waals surface area contributed by atoms with Gasteiger partial charge in [-0.05, 0) is 25.5 Å². The summed E-state index contributed by atoms with van der Waals surface area (Å²) in [7, 11) is 0. The molecule has 0 saturated carbocycles. The van der Waals surface area contributed by atoms with Crippen LogP contribution in [0.4, 0.5) is 10.1 Å². The van der Waals surface area contributed by atoms with Crippen LogP contribution >= 0.6 is 0 Å². The van der Waals surface area contributed by atoms with Gasteiger partial charge in [-0.1, -0.05) is 0 Å². The average Bonchev–Trinajstić information content (AvgIpc) is 2.79. The van der Waals surface area contributed by atoms with Crippen LogP contribution in [-0.4, -0.2) is 47.2 Å². The monoisotopic (exact) mass is 348 g/mol. The molecule has 1 aromatic rings. The van der Waals surface area contributed by atoms with Gasteiger partial charge in [0.25, 0.3) is 11.8 Å². The summed E-state index contributed by atoms with van der Waals surface area (Å²) >= 11 is 0. The summed E-state index contributed by atoms with van der Waals surface area (Å²) in [5, 5.41) is 4.93. The topological polar surface area (TPSA) is 122 Å². The van der Waals surface area contributed by atoms with Gasteiger partial charge < -0.3 is 11.1 Å². The maximum atomic E-state index is 14.2. The van der Waals surface area contributed by atoms with Crippen molar-refractivity contribution in [3.8, 4) is 0 Å². The smallest absolute Gasteiger partial charge is 0.262 e. The van der Waals surface area contributed by atoms with Crippen LogP contribution in [0.15, 0.2) is 12.1 Å². The summed E-state index contributed by atoms with van der Waals surface area (Å²) in [6.07, 6.45) is 0.0763. The van der Waals surface area contributed by atoms with Gasteiger partial charge in [0.1, 0.15) is 11.9 Å². The number of fused-ring (bicyclic) bond motifs is 1. The minimum absolute atomic E-state index is 0.0165. The number of halogens is 1. The molecular formula is C16H17FN4O4. The molecule has 0 radical (unpaired) electrons. The fourth-order valence-electron chi connectivity index (χ4n) is 2.93. The van der Waals surface area contributed by atoms with E-state index in [0.717, 1.165) is 11.0 Å². The number of carbonyl (C=O) groups is 4. The van der Waals surface area contributed by atoms with Crippen molar-refractivity contribution in [2.24, 2.45) is 5.73 Å². The molecule has 4 N–H and O–H groups in total. The lowest BCUT2D eigenvalue weighted by atomic mass is 10.0. The Bertz CT molecular complexity index is 795. The molecule has 1 unspecified atom stereocenters. The Kier molecular flexibility index (Phi) is 4.25. The predicted molar refractivity (Wildman–Crippen MR) is 85.2 cm³/mol. The maximum Gasteiger partial charge on any atom is 0.262 e. The highest BCUT2D eigenvalue weighted by atomic mass is 19.1. The van der Waals surface area contributed by atoms with E-state index in [1.54, 1.807) is 6.92 Å². The van der Waals surface area contributed by atoms with E-state index in [2.05, 4.69) is 10.6 Å². The lowest BCUT2D eigenvalue weighted by Crippen LogP contribution is -2.54. The average molecular weight is 348 g/mol. The molecule has 0 aliphatic carbocycles. The van der Waals surface area contributed by atoms with E-state index >= 15 is 0 Å². The van der Waals surface area contributed by atoms with Crippen LogP contribution in [0, 0.1) is 5.82 Å². The van der Waals surface area contributed by atoms with Crippen LogP contribution < -0.4 is 16.4 Å². The van der Waals surface area contributed by atoms with Crippen molar-refractivity contribution in [1.82, 2.24) is 10.2 Å².